The lowest BCUT2D eigenvalue weighted by atomic mass is 9.98. The van der Waals surface area contributed by atoms with E-state index in [1.807, 2.05) is 0 Å². The average Bonchev–Trinajstić information content (AvgIpc) is 3.42. The number of nitrogens with zero attached hydrogens (tertiary/aromatic N) is 1. The molecular weight excluding hydrogens is 562 g/mol. The molecule has 1 aliphatic heterocycles. The monoisotopic (exact) mass is 642 g/mol. The van der Waals surface area contributed by atoms with E-state index in [0.717, 1.165) is 52.4 Å². The first-order chi connectivity index (χ1) is 22.8. The fourth-order valence-electron chi connectivity index (χ4n) is 6.40. The Morgan fingerprint density at radius 1 is 0.435 bits per heavy atom. The number of allylic oxidation sites excluding steroid dienone is 8. The van der Waals surface area contributed by atoms with E-state index in [1.165, 1.54) is 141 Å². The number of likely N-dealkylation sites (tertiary alicyclic amines) is 1. The Morgan fingerprint density at radius 2 is 0.761 bits per heavy atom. The van der Waals surface area contributed by atoms with Crippen LogP contribution in [0.15, 0.2) is 48.6 Å². The van der Waals surface area contributed by atoms with Crippen molar-refractivity contribution in [2.24, 2.45) is 11.8 Å². The van der Waals surface area contributed by atoms with Crippen LogP contribution in [0.2, 0.25) is 0 Å². The molecule has 0 saturated carbocycles. The van der Waals surface area contributed by atoms with Gasteiger partial charge in [-0.1, -0.05) is 140 Å². The van der Waals surface area contributed by atoms with Gasteiger partial charge in [0.15, 0.2) is 0 Å². The third-order valence-electron chi connectivity index (χ3n) is 9.40. The minimum atomic E-state index is 0.630. The summed E-state index contributed by atoms with van der Waals surface area (Å²) in [6, 6.07) is 0. The Morgan fingerprint density at radius 3 is 1.13 bits per heavy atom. The maximum Gasteiger partial charge on any atom is 0.0510 e. The van der Waals surface area contributed by atoms with E-state index in [0.29, 0.717) is 11.8 Å². The fourth-order valence-corrected chi connectivity index (χ4v) is 6.40. The molecule has 2 atom stereocenters. The Hall–Kier alpha value is -1.16. The summed E-state index contributed by atoms with van der Waals surface area (Å²) in [4.78, 5) is 2.46. The number of ether oxygens (including phenoxy) is 2. The van der Waals surface area contributed by atoms with Crippen molar-refractivity contribution in [3.8, 4) is 0 Å². The maximum atomic E-state index is 6.15. The molecule has 1 fully saturated rings. The lowest BCUT2D eigenvalue weighted by Crippen LogP contribution is -2.23. The van der Waals surface area contributed by atoms with Crippen LogP contribution >= 0.6 is 0 Å². The first-order valence-electron chi connectivity index (χ1n) is 20.2. The molecule has 46 heavy (non-hydrogen) atoms. The Kier molecular flexibility index (Phi) is 32.8. The highest BCUT2D eigenvalue weighted by atomic mass is 16.5. The quantitative estimate of drug-likeness (QED) is 0.0515. The van der Waals surface area contributed by atoms with E-state index in [2.05, 4.69) is 74.4 Å². The van der Waals surface area contributed by atoms with Crippen LogP contribution in [-0.2, 0) is 9.47 Å². The van der Waals surface area contributed by atoms with Crippen molar-refractivity contribution < 1.29 is 9.47 Å². The molecule has 1 rings (SSSR count). The second-order valence-electron chi connectivity index (χ2n) is 14.1. The van der Waals surface area contributed by atoms with Crippen LogP contribution in [0.4, 0.5) is 0 Å². The van der Waals surface area contributed by atoms with Crippen molar-refractivity contribution in [3.05, 3.63) is 48.6 Å². The highest BCUT2D eigenvalue weighted by Crippen LogP contribution is 2.23. The van der Waals surface area contributed by atoms with Gasteiger partial charge in [-0.15, -0.1) is 0 Å². The molecule has 0 radical (unpaired) electrons. The van der Waals surface area contributed by atoms with Crippen LogP contribution in [-0.4, -0.2) is 51.5 Å². The maximum absolute atomic E-state index is 6.15. The van der Waals surface area contributed by atoms with Crippen molar-refractivity contribution in [1.82, 2.24) is 4.90 Å². The van der Waals surface area contributed by atoms with Gasteiger partial charge in [0.25, 0.3) is 0 Å². The summed E-state index contributed by atoms with van der Waals surface area (Å²) >= 11 is 0. The lowest BCUT2D eigenvalue weighted by Gasteiger charge is -2.18. The summed E-state index contributed by atoms with van der Waals surface area (Å²) in [6.45, 7) is 10.5. The van der Waals surface area contributed by atoms with E-state index in [4.69, 9.17) is 9.47 Å². The molecule has 0 N–H and O–H groups in total. The predicted molar refractivity (Wildman–Crippen MR) is 205 cm³/mol. The van der Waals surface area contributed by atoms with Gasteiger partial charge in [0.1, 0.15) is 0 Å². The van der Waals surface area contributed by atoms with Crippen molar-refractivity contribution >= 4 is 0 Å². The SMILES string of the molecule is CCCCC/C=C\C/C=C\CCCCCCCCOC[C@H]1CN(C)C[C@@H]1COCCCCCCCC/C=C\C/C=C\CCCCC. The molecule has 3 nitrogen and oxygen atoms in total. The van der Waals surface area contributed by atoms with Gasteiger partial charge in [-0.25, -0.2) is 0 Å². The summed E-state index contributed by atoms with van der Waals surface area (Å²) in [5, 5.41) is 0. The lowest BCUT2D eigenvalue weighted by molar-refractivity contribution is 0.0482. The van der Waals surface area contributed by atoms with Crippen molar-refractivity contribution in [3.63, 3.8) is 0 Å². The van der Waals surface area contributed by atoms with Crippen molar-refractivity contribution in [2.45, 2.75) is 168 Å². The van der Waals surface area contributed by atoms with E-state index in [9.17, 15) is 0 Å². The van der Waals surface area contributed by atoms with E-state index in [1.54, 1.807) is 0 Å². The predicted octanol–water partition coefficient (Wildman–Crippen LogP) is 12.8. The van der Waals surface area contributed by atoms with Crippen LogP contribution in [0.5, 0.6) is 0 Å². The Bertz CT molecular complexity index is 666. The molecule has 0 aromatic heterocycles. The Labute approximate surface area is 288 Å². The summed E-state index contributed by atoms with van der Waals surface area (Å²) in [5.74, 6) is 1.26. The van der Waals surface area contributed by atoms with E-state index >= 15 is 0 Å². The minimum absolute atomic E-state index is 0.630. The summed E-state index contributed by atoms with van der Waals surface area (Å²) in [6.07, 6.45) is 49.9. The van der Waals surface area contributed by atoms with Gasteiger partial charge in [0.2, 0.25) is 0 Å². The molecule has 3 heteroatoms. The van der Waals surface area contributed by atoms with Crippen LogP contribution in [0.1, 0.15) is 168 Å². The third kappa shape index (κ3) is 29.0. The molecule has 0 aliphatic carbocycles. The van der Waals surface area contributed by atoms with E-state index in [-0.39, 0.29) is 0 Å². The van der Waals surface area contributed by atoms with Crippen LogP contribution in [0.3, 0.4) is 0 Å². The molecule has 0 unspecified atom stereocenters. The number of hydrogen-bond donors (Lipinski definition) is 0. The molecule has 0 amide bonds. The molecule has 0 aromatic carbocycles. The van der Waals surface area contributed by atoms with Gasteiger partial charge in [-0.3, -0.25) is 0 Å². The van der Waals surface area contributed by atoms with Crippen LogP contribution in [0, 0.1) is 11.8 Å². The van der Waals surface area contributed by atoms with Crippen LogP contribution < -0.4 is 0 Å². The Balaban J connectivity index is 1.88. The van der Waals surface area contributed by atoms with E-state index < -0.39 is 0 Å². The van der Waals surface area contributed by atoms with Crippen molar-refractivity contribution in [1.29, 1.82) is 0 Å². The average molecular weight is 642 g/mol. The second kappa shape index (κ2) is 35.2. The topological polar surface area (TPSA) is 21.7 Å². The highest BCUT2D eigenvalue weighted by Gasteiger charge is 2.30. The smallest absolute Gasteiger partial charge is 0.0510 e. The zero-order valence-corrected chi connectivity index (χ0v) is 31.3. The minimum Gasteiger partial charge on any atom is -0.381 e. The van der Waals surface area contributed by atoms with Crippen molar-refractivity contribution in [2.75, 3.05) is 46.6 Å². The third-order valence-corrected chi connectivity index (χ3v) is 9.40. The largest absolute Gasteiger partial charge is 0.381 e. The number of rotatable bonds is 34. The first-order valence-corrected chi connectivity index (χ1v) is 20.2. The molecule has 268 valence electrons. The zero-order valence-electron chi connectivity index (χ0n) is 31.3. The standard InChI is InChI=1S/C43H79NO2/c1-4-6-8-10-12-14-16-18-20-22-24-26-28-30-32-34-36-45-40-42-38-44(3)39-43(42)41-46-37-35-33-31-29-27-25-23-21-19-17-15-13-11-9-7-5-2/h12-15,18-21,42-43H,4-11,16-17,22-41H2,1-3H3/b14-12-,15-13-,20-18-,21-19-/t42-,43-/m1/s1. The number of unbranched alkanes of at least 4 members (excludes halogenated alkanes) is 18. The molecule has 1 saturated heterocycles. The summed E-state index contributed by atoms with van der Waals surface area (Å²) in [7, 11) is 2.25. The summed E-state index contributed by atoms with van der Waals surface area (Å²) < 4.78 is 12.3. The normalized spacial score (nSPS) is 17.7. The van der Waals surface area contributed by atoms with Gasteiger partial charge in [-0.05, 0) is 84.1 Å². The molecule has 1 heterocycles. The van der Waals surface area contributed by atoms with Gasteiger partial charge in [0.05, 0.1) is 13.2 Å². The molecule has 0 aromatic rings. The van der Waals surface area contributed by atoms with Gasteiger partial charge < -0.3 is 14.4 Å². The molecule has 1 aliphatic rings. The van der Waals surface area contributed by atoms with Gasteiger partial charge in [-0.2, -0.15) is 0 Å². The highest BCUT2D eigenvalue weighted by molar-refractivity contribution is 4.93. The second-order valence-corrected chi connectivity index (χ2v) is 14.1. The van der Waals surface area contributed by atoms with Gasteiger partial charge >= 0.3 is 0 Å². The summed E-state index contributed by atoms with van der Waals surface area (Å²) in [5.41, 5.74) is 0. The fraction of sp³-hybridized carbons (Fsp3) is 0.814. The number of hydrogen-bond acceptors (Lipinski definition) is 3. The first kappa shape index (κ1) is 42.9. The van der Waals surface area contributed by atoms with Crippen LogP contribution in [0.25, 0.3) is 0 Å². The zero-order chi connectivity index (χ0) is 33.0. The van der Waals surface area contributed by atoms with Gasteiger partial charge in [0, 0.05) is 38.1 Å². The molecule has 0 bridgehead atoms. The molecular formula is C43H79NO2. The molecule has 0 spiro atoms.